The third kappa shape index (κ3) is 1.31. The van der Waals surface area contributed by atoms with Gasteiger partial charge in [0.2, 0.25) is 0 Å². The number of aliphatic hydroxyl groups excluding tert-OH is 1. The van der Waals surface area contributed by atoms with Crippen molar-refractivity contribution in [3.8, 4) is 0 Å². The van der Waals surface area contributed by atoms with Gasteiger partial charge in [-0.2, -0.15) is 0 Å². The zero-order chi connectivity index (χ0) is 9.26. The molecule has 0 radical (unpaired) electrons. The van der Waals surface area contributed by atoms with Crippen molar-refractivity contribution in [1.82, 2.24) is 0 Å². The number of hydrogen-bond acceptors (Lipinski definition) is 2. The zero-order valence-electron chi connectivity index (χ0n) is 7.23. The molecule has 1 aliphatic heterocycles. The van der Waals surface area contributed by atoms with Crippen molar-refractivity contribution < 1.29 is 9.90 Å². The van der Waals surface area contributed by atoms with E-state index in [1.165, 1.54) is 5.56 Å². The molecule has 1 heterocycles. The highest BCUT2D eigenvalue weighted by atomic mass is 16.3. The molecule has 0 saturated heterocycles. The van der Waals surface area contributed by atoms with Crippen LogP contribution in [-0.4, -0.2) is 24.2 Å². The Morgan fingerprint density at radius 2 is 2.23 bits per heavy atom. The molecule has 1 N–H and O–H groups in total. The number of hydrogen-bond donors (Lipinski definition) is 1. The van der Waals surface area contributed by atoms with Gasteiger partial charge >= 0.3 is 0 Å². The van der Waals surface area contributed by atoms with E-state index < -0.39 is 6.61 Å². The van der Waals surface area contributed by atoms with Crippen molar-refractivity contribution in [2.75, 3.05) is 18.1 Å². The second-order valence-electron chi connectivity index (χ2n) is 3.08. The molecule has 0 fully saturated rings. The lowest BCUT2D eigenvalue weighted by molar-refractivity contribution is -0.121. The normalized spacial score (nSPS) is 14.4. The van der Waals surface area contributed by atoms with Crippen LogP contribution < -0.4 is 4.90 Å². The molecule has 0 atom stereocenters. The van der Waals surface area contributed by atoms with Crippen LogP contribution in [0.15, 0.2) is 24.3 Å². The minimum atomic E-state index is -0.408. The molecule has 0 aliphatic carbocycles. The van der Waals surface area contributed by atoms with E-state index in [1.807, 2.05) is 24.3 Å². The lowest BCUT2D eigenvalue weighted by Crippen LogP contribution is -2.31. The van der Waals surface area contributed by atoms with Gasteiger partial charge < -0.3 is 10.0 Å². The van der Waals surface area contributed by atoms with Gasteiger partial charge in [-0.05, 0) is 18.1 Å². The van der Waals surface area contributed by atoms with E-state index in [4.69, 9.17) is 5.11 Å². The molecule has 13 heavy (non-hydrogen) atoms. The first-order valence-electron chi connectivity index (χ1n) is 4.32. The summed E-state index contributed by atoms with van der Waals surface area (Å²) in [5, 5.41) is 8.73. The first-order chi connectivity index (χ1) is 6.33. The summed E-state index contributed by atoms with van der Waals surface area (Å²) < 4.78 is 0. The number of anilines is 1. The Kier molecular flexibility index (Phi) is 2.02. The van der Waals surface area contributed by atoms with Crippen LogP contribution in [0.3, 0.4) is 0 Å². The summed E-state index contributed by atoms with van der Waals surface area (Å²) >= 11 is 0. The second kappa shape index (κ2) is 3.18. The van der Waals surface area contributed by atoms with Crippen molar-refractivity contribution in [1.29, 1.82) is 0 Å². The molecule has 2 rings (SSSR count). The molecule has 1 amide bonds. The molecule has 3 heteroatoms. The number of rotatable bonds is 1. The summed E-state index contributed by atoms with van der Waals surface area (Å²) in [6.07, 6.45) is 0.891. The zero-order valence-corrected chi connectivity index (χ0v) is 7.23. The number of para-hydroxylation sites is 1. The fraction of sp³-hybridized carbons (Fsp3) is 0.300. The Morgan fingerprint density at radius 3 is 3.00 bits per heavy atom. The number of amides is 1. The van der Waals surface area contributed by atoms with Crippen LogP contribution in [0.4, 0.5) is 5.69 Å². The van der Waals surface area contributed by atoms with Gasteiger partial charge in [0, 0.05) is 12.2 Å². The topological polar surface area (TPSA) is 40.5 Å². The number of nitrogens with zero attached hydrogens (tertiary/aromatic N) is 1. The highest BCUT2D eigenvalue weighted by molar-refractivity contribution is 5.96. The van der Waals surface area contributed by atoms with Crippen LogP contribution in [0.2, 0.25) is 0 Å². The number of carbonyl (C=O) groups is 1. The molecule has 68 valence electrons. The van der Waals surface area contributed by atoms with E-state index in [1.54, 1.807) is 4.90 Å². The quantitative estimate of drug-likeness (QED) is 0.681. The van der Waals surface area contributed by atoms with Crippen LogP contribution in [-0.2, 0) is 11.2 Å². The van der Waals surface area contributed by atoms with E-state index in [-0.39, 0.29) is 5.91 Å². The van der Waals surface area contributed by atoms with Gasteiger partial charge in [-0.3, -0.25) is 4.79 Å². The molecule has 1 aromatic rings. The lowest BCUT2D eigenvalue weighted by Gasteiger charge is -2.15. The van der Waals surface area contributed by atoms with Crippen LogP contribution in [0, 0.1) is 0 Å². The SMILES string of the molecule is O=C(CO)N1CCc2ccccc21. The molecular formula is C10H11NO2. The Labute approximate surface area is 76.6 Å². The van der Waals surface area contributed by atoms with Crippen LogP contribution in [0.5, 0.6) is 0 Å². The van der Waals surface area contributed by atoms with Crippen LogP contribution in [0.25, 0.3) is 0 Å². The Balaban J connectivity index is 2.33. The monoisotopic (exact) mass is 177 g/mol. The fourth-order valence-corrected chi connectivity index (χ4v) is 1.68. The van der Waals surface area contributed by atoms with Gasteiger partial charge in [0.25, 0.3) is 5.91 Å². The van der Waals surface area contributed by atoms with Gasteiger partial charge in [-0.15, -0.1) is 0 Å². The molecule has 0 bridgehead atoms. The van der Waals surface area contributed by atoms with Crippen molar-refractivity contribution >= 4 is 11.6 Å². The molecule has 1 aliphatic rings. The summed E-state index contributed by atoms with van der Waals surface area (Å²) in [4.78, 5) is 12.9. The molecule has 0 spiro atoms. The Morgan fingerprint density at radius 1 is 1.46 bits per heavy atom. The van der Waals surface area contributed by atoms with E-state index in [0.29, 0.717) is 6.54 Å². The van der Waals surface area contributed by atoms with Crippen molar-refractivity contribution in [3.63, 3.8) is 0 Å². The summed E-state index contributed by atoms with van der Waals surface area (Å²) in [6, 6.07) is 7.80. The lowest BCUT2D eigenvalue weighted by atomic mass is 10.2. The molecule has 1 aromatic carbocycles. The predicted molar refractivity (Wildman–Crippen MR) is 49.6 cm³/mol. The molecular weight excluding hydrogens is 166 g/mol. The molecule has 0 aromatic heterocycles. The third-order valence-corrected chi connectivity index (χ3v) is 2.32. The highest BCUT2D eigenvalue weighted by Gasteiger charge is 2.22. The first kappa shape index (κ1) is 8.26. The maximum Gasteiger partial charge on any atom is 0.252 e. The van der Waals surface area contributed by atoms with Crippen molar-refractivity contribution in [2.45, 2.75) is 6.42 Å². The van der Waals surface area contributed by atoms with E-state index in [9.17, 15) is 4.79 Å². The Bertz CT molecular complexity index is 335. The van der Waals surface area contributed by atoms with Crippen LogP contribution in [0.1, 0.15) is 5.56 Å². The minimum absolute atomic E-state index is 0.218. The average Bonchev–Trinajstić information content (AvgIpc) is 2.60. The summed E-state index contributed by atoms with van der Waals surface area (Å²) in [6.45, 7) is 0.285. The highest BCUT2D eigenvalue weighted by Crippen LogP contribution is 2.26. The maximum absolute atomic E-state index is 11.3. The number of aliphatic hydroxyl groups is 1. The average molecular weight is 177 g/mol. The Hall–Kier alpha value is -1.35. The molecule has 0 unspecified atom stereocenters. The van der Waals surface area contributed by atoms with Crippen molar-refractivity contribution in [3.05, 3.63) is 29.8 Å². The maximum atomic E-state index is 11.3. The minimum Gasteiger partial charge on any atom is -0.387 e. The van der Waals surface area contributed by atoms with Gasteiger partial charge in [0.15, 0.2) is 0 Å². The summed E-state index contributed by atoms with van der Waals surface area (Å²) in [5.41, 5.74) is 2.13. The van der Waals surface area contributed by atoms with Gasteiger partial charge in [-0.25, -0.2) is 0 Å². The first-order valence-corrected chi connectivity index (χ1v) is 4.32. The predicted octanol–water partition coefficient (Wildman–Crippen LogP) is 0.568. The van der Waals surface area contributed by atoms with Crippen molar-refractivity contribution in [2.24, 2.45) is 0 Å². The molecule has 0 saturated carbocycles. The van der Waals surface area contributed by atoms with E-state index in [0.717, 1.165) is 12.1 Å². The van der Waals surface area contributed by atoms with Gasteiger partial charge in [0.1, 0.15) is 6.61 Å². The van der Waals surface area contributed by atoms with Gasteiger partial charge in [0.05, 0.1) is 0 Å². The third-order valence-electron chi connectivity index (χ3n) is 2.32. The fourth-order valence-electron chi connectivity index (χ4n) is 1.68. The standard InChI is InChI=1S/C10H11NO2/c12-7-10(13)11-6-5-8-3-1-2-4-9(8)11/h1-4,12H,5-7H2. The largest absolute Gasteiger partial charge is 0.387 e. The number of benzene rings is 1. The summed E-state index contributed by atoms with van der Waals surface area (Å²) in [7, 11) is 0. The number of carbonyl (C=O) groups excluding carboxylic acids is 1. The van der Waals surface area contributed by atoms with E-state index >= 15 is 0 Å². The number of fused-ring (bicyclic) bond motifs is 1. The molecule has 3 nitrogen and oxygen atoms in total. The van der Waals surface area contributed by atoms with Gasteiger partial charge in [-0.1, -0.05) is 18.2 Å². The van der Waals surface area contributed by atoms with Crippen LogP contribution >= 0.6 is 0 Å². The summed E-state index contributed by atoms with van der Waals surface area (Å²) in [5.74, 6) is -0.218. The second-order valence-corrected chi connectivity index (χ2v) is 3.08. The van der Waals surface area contributed by atoms with E-state index in [2.05, 4.69) is 0 Å². The smallest absolute Gasteiger partial charge is 0.252 e.